The smallest absolute Gasteiger partial charge is 0.343 e. The molecule has 33 heavy (non-hydrogen) atoms. The van der Waals surface area contributed by atoms with Crippen molar-refractivity contribution in [2.75, 3.05) is 40.0 Å². The summed E-state index contributed by atoms with van der Waals surface area (Å²) in [4.78, 5) is 40.1. The van der Waals surface area contributed by atoms with Gasteiger partial charge in [-0.05, 0) is 18.1 Å². The van der Waals surface area contributed by atoms with Gasteiger partial charge >= 0.3 is 5.97 Å². The lowest BCUT2D eigenvalue weighted by Gasteiger charge is -2.22. The predicted octanol–water partition coefficient (Wildman–Crippen LogP) is 1.82. The Balaban J connectivity index is 1.57. The number of carbonyl (C=O) groups is 2. The fourth-order valence-corrected chi connectivity index (χ4v) is 4.37. The van der Waals surface area contributed by atoms with E-state index in [9.17, 15) is 18.8 Å². The van der Waals surface area contributed by atoms with Gasteiger partial charge in [-0.1, -0.05) is 18.2 Å². The van der Waals surface area contributed by atoms with Crippen LogP contribution in [-0.4, -0.2) is 61.4 Å². The Bertz CT molecular complexity index is 1090. The van der Waals surface area contributed by atoms with Crippen LogP contribution >= 0.6 is 0 Å². The van der Waals surface area contributed by atoms with Crippen molar-refractivity contribution in [1.29, 1.82) is 0 Å². The number of carbonyl (C=O) groups excluding carboxylic acids is 2. The van der Waals surface area contributed by atoms with Crippen molar-refractivity contribution in [2.45, 2.75) is 25.8 Å². The van der Waals surface area contributed by atoms with E-state index >= 15 is 0 Å². The molecule has 9 heteroatoms. The molecule has 0 bridgehead atoms. The van der Waals surface area contributed by atoms with Gasteiger partial charge in [0.25, 0.3) is 5.56 Å². The van der Waals surface area contributed by atoms with Gasteiger partial charge in [0.2, 0.25) is 5.91 Å². The minimum Gasteiger partial charge on any atom is -0.492 e. The second-order valence-electron chi connectivity index (χ2n) is 8.14. The summed E-state index contributed by atoms with van der Waals surface area (Å²) in [5.41, 5.74) is 0.808. The monoisotopic (exact) mass is 458 g/mol. The zero-order valence-electron chi connectivity index (χ0n) is 18.5. The molecule has 0 saturated carbocycles. The highest BCUT2D eigenvalue weighted by atomic mass is 19.1. The van der Waals surface area contributed by atoms with Crippen LogP contribution in [0.4, 0.5) is 4.39 Å². The first-order chi connectivity index (χ1) is 16.0. The molecule has 1 fully saturated rings. The summed E-state index contributed by atoms with van der Waals surface area (Å²) < 4.78 is 31.5. The van der Waals surface area contributed by atoms with Crippen molar-refractivity contribution in [2.24, 2.45) is 5.92 Å². The third-order valence-corrected chi connectivity index (χ3v) is 6.16. The molecule has 1 amide bonds. The molecule has 8 nitrogen and oxygen atoms in total. The molecule has 1 aromatic carbocycles. The summed E-state index contributed by atoms with van der Waals surface area (Å²) in [5.74, 6) is -1.01. The first-order valence-corrected chi connectivity index (χ1v) is 11.1. The van der Waals surface area contributed by atoms with E-state index in [1.54, 1.807) is 23.1 Å². The van der Waals surface area contributed by atoms with Gasteiger partial charge in [-0.3, -0.25) is 9.59 Å². The van der Waals surface area contributed by atoms with Gasteiger partial charge < -0.3 is 23.7 Å². The van der Waals surface area contributed by atoms with Gasteiger partial charge in [0.1, 0.15) is 17.1 Å². The van der Waals surface area contributed by atoms with Crippen molar-refractivity contribution in [3.05, 3.63) is 63.3 Å². The average molecular weight is 458 g/mol. The number of methoxy groups -OCH3 is 1. The van der Waals surface area contributed by atoms with E-state index in [1.807, 2.05) is 0 Å². The standard InChI is InChI=1S/C24H27FN2O6/c1-31-24(30)22-19-6-9-26(23(29)17-7-12-32-15-17)10-11-27(19)21(28)14-20(22)33-13-8-16-4-2-3-5-18(16)25/h2-5,14,17H,6-13,15H2,1H3. The van der Waals surface area contributed by atoms with E-state index in [1.165, 1.54) is 23.8 Å². The van der Waals surface area contributed by atoms with Gasteiger partial charge in [-0.15, -0.1) is 0 Å². The lowest BCUT2D eigenvalue weighted by atomic mass is 10.1. The molecular weight excluding hydrogens is 431 g/mol. The first-order valence-electron chi connectivity index (χ1n) is 11.1. The van der Waals surface area contributed by atoms with Crippen LogP contribution < -0.4 is 10.3 Å². The van der Waals surface area contributed by atoms with Crippen LogP contribution in [-0.2, 0) is 33.7 Å². The molecule has 2 aliphatic rings. The molecule has 1 atom stereocenters. The molecular formula is C24H27FN2O6. The molecule has 3 heterocycles. The second-order valence-corrected chi connectivity index (χ2v) is 8.14. The minimum atomic E-state index is -0.622. The summed E-state index contributed by atoms with van der Waals surface area (Å²) in [6.45, 7) is 2.08. The summed E-state index contributed by atoms with van der Waals surface area (Å²) in [5, 5.41) is 0. The molecule has 1 saturated heterocycles. The molecule has 4 rings (SSSR count). The predicted molar refractivity (Wildman–Crippen MR) is 117 cm³/mol. The van der Waals surface area contributed by atoms with Crippen LogP contribution in [0, 0.1) is 11.7 Å². The number of fused-ring (bicyclic) bond motifs is 1. The van der Waals surface area contributed by atoms with Gasteiger partial charge in [-0.25, -0.2) is 9.18 Å². The number of pyridine rings is 1. The molecule has 1 unspecified atom stereocenters. The lowest BCUT2D eigenvalue weighted by molar-refractivity contribution is -0.135. The number of esters is 1. The number of ether oxygens (including phenoxy) is 3. The van der Waals surface area contributed by atoms with Crippen LogP contribution in [0.1, 0.15) is 28.0 Å². The summed E-state index contributed by atoms with van der Waals surface area (Å²) in [6.07, 6.45) is 1.27. The van der Waals surface area contributed by atoms with Gasteiger partial charge in [0.05, 0.1) is 26.2 Å². The SMILES string of the molecule is COC(=O)c1c(OCCc2ccccc2F)cc(=O)n2c1CCN(C(=O)C1CCOC1)CC2. The molecule has 2 aromatic rings. The van der Waals surface area contributed by atoms with E-state index < -0.39 is 5.97 Å². The summed E-state index contributed by atoms with van der Waals surface area (Å²) >= 11 is 0. The Morgan fingerprint density at radius 3 is 2.76 bits per heavy atom. The second kappa shape index (κ2) is 10.2. The molecule has 0 spiro atoms. The quantitative estimate of drug-likeness (QED) is 0.614. The van der Waals surface area contributed by atoms with Crippen LogP contribution in [0.15, 0.2) is 35.1 Å². The lowest BCUT2D eigenvalue weighted by Crippen LogP contribution is -2.38. The largest absolute Gasteiger partial charge is 0.492 e. The number of amides is 1. The van der Waals surface area contributed by atoms with Gasteiger partial charge in [-0.2, -0.15) is 0 Å². The van der Waals surface area contributed by atoms with Crippen LogP contribution in [0.25, 0.3) is 0 Å². The minimum absolute atomic E-state index is 0.00864. The molecule has 176 valence electrons. The topological polar surface area (TPSA) is 87.1 Å². The van der Waals surface area contributed by atoms with Crippen molar-refractivity contribution in [3.8, 4) is 5.75 Å². The van der Waals surface area contributed by atoms with Gasteiger partial charge in [0, 0.05) is 50.8 Å². The molecule has 1 aromatic heterocycles. The third-order valence-electron chi connectivity index (χ3n) is 6.16. The number of nitrogens with zero attached hydrogens (tertiary/aromatic N) is 2. The van der Waals surface area contributed by atoms with Crippen LogP contribution in [0.2, 0.25) is 0 Å². The van der Waals surface area contributed by atoms with Crippen molar-refractivity contribution >= 4 is 11.9 Å². The number of hydrogen-bond donors (Lipinski definition) is 0. The maximum absolute atomic E-state index is 13.9. The van der Waals surface area contributed by atoms with E-state index in [0.717, 1.165) is 0 Å². The number of halogens is 1. The third kappa shape index (κ3) is 4.93. The van der Waals surface area contributed by atoms with Crippen LogP contribution in [0.3, 0.4) is 0 Å². The van der Waals surface area contributed by atoms with E-state index in [0.29, 0.717) is 50.4 Å². The Kier molecular flexibility index (Phi) is 7.08. The molecule has 0 N–H and O–H groups in total. The highest BCUT2D eigenvalue weighted by molar-refractivity contribution is 5.93. The highest BCUT2D eigenvalue weighted by Crippen LogP contribution is 2.25. The number of aromatic nitrogens is 1. The summed E-state index contributed by atoms with van der Waals surface area (Å²) in [6, 6.07) is 7.63. The van der Waals surface area contributed by atoms with Crippen LogP contribution in [0.5, 0.6) is 5.75 Å². The Hall–Kier alpha value is -3.20. The van der Waals surface area contributed by atoms with E-state index in [-0.39, 0.29) is 54.1 Å². The maximum Gasteiger partial charge on any atom is 0.343 e. The number of benzene rings is 1. The normalized spacial score (nSPS) is 17.9. The Morgan fingerprint density at radius 2 is 2.03 bits per heavy atom. The fraction of sp³-hybridized carbons (Fsp3) is 0.458. The fourth-order valence-electron chi connectivity index (χ4n) is 4.37. The zero-order valence-corrected chi connectivity index (χ0v) is 18.5. The van der Waals surface area contributed by atoms with Gasteiger partial charge in [0.15, 0.2) is 0 Å². The van der Waals surface area contributed by atoms with E-state index in [2.05, 4.69) is 0 Å². The molecule has 2 aliphatic heterocycles. The highest BCUT2D eigenvalue weighted by Gasteiger charge is 2.31. The van der Waals surface area contributed by atoms with Crippen molar-refractivity contribution in [1.82, 2.24) is 9.47 Å². The van der Waals surface area contributed by atoms with Crippen molar-refractivity contribution < 1.29 is 28.2 Å². The first kappa shape index (κ1) is 23.0. The number of hydrogen-bond acceptors (Lipinski definition) is 6. The molecule has 0 aliphatic carbocycles. The van der Waals surface area contributed by atoms with Crippen molar-refractivity contribution in [3.63, 3.8) is 0 Å². The molecule has 0 radical (unpaired) electrons. The zero-order chi connectivity index (χ0) is 23.4. The summed E-state index contributed by atoms with van der Waals surface area (Å²) in [7, 11) is 1.26. The average Bonchev–Trinajstić information content (AvgIpc) is 3.26. The number of rotatable bonds is 6. The Morgan fingerprint density at radius 1 is 1.21 bits per heavy atom. The maximum atomic E-state index is 13.9. The van der Waals surface area contributed by atoms with E-state index in [4.69, 9.17) is 14.2 Å². The Labute approximate surface area is 190 Å².